The van der Waals surface area contributed by atoms with Gasteiger partial charge < -0.3 is 15.7 Å². The fourth-order valence-electron chi connectivity index (χ4n) is 3.21. The molecule has 0 bridgehead atoms. The normalized spacial score (nSPS) is 17.4. The molecule has 1 heterocycles. The second-order valence-corrected chi connectivity index (χ2v) is 6.40. The van der Waals surface area contributed by atoms with Crippen molar-refractivity contribution in [2.45, 2.75) is 44.2 Å². The predicted molar refractivity (Wildman–Crippen MR) is 89.7 cm³/mol. The van der Waals surface area contributed by atoms with Crippen LogP contribution in [-0.2, 0) is 0 Å². The van der Waals surface area contributed by atoms with Crippen LogP contribution in [0.25, 0.3) is 5.69 Å². The van der Waals surface area contributed by atoms with Crippen LogP contribution in [0.15, 0.2) is 36.9 Å². The molecule has 0 spiro atoms. The molecule has 24 heavy (non-hydrogen) atoms. The highest BCUT2D eigenvalue weighted by atomic mass is 16.3. The Kier molecular flexibility index (Phi) is 4.80. The van der Waals surface area contributed by atoms with Crippen LogP contribution in [0.1, 0.15) is 44.2 Å². The van der Waals surface area contributed by atoms with E-state index < -0.39 is 5.54 Å². The molecule has 1 saturated carbocycles. The van der Waals surface area contributed by atoms with E-state index in [1.54, 1.807) is 11.0 Å². The molecule has 1 aromatic carbocycles. The summed E-state index contributed by atoms with van der Waals surface area (Å²) < 4.78 is 1.68. The average Bonchev–Trinajstić information content (AvgIpc) is 3.27. The molecule has 7 nitrogen and oxygen atoms in total. The number of rotatable bonds is 5. The lowest BCUT2D eigenvalue weighted by atomic mass is 9.99. The molecule has 0 aliphatic heterocycles. The van der Waals surface area contributed by atoms with Crippen LogP contribution in [-0.4, -0.2) is 38.0 Å². The number of hydrogen-bond donors (Lipinski definition) is 3. The summed E-state index contributed by atoms with van der Waals surface area (Å²) >= 11 is 0. The zero-order chi connectivity index (χ0) is 17.0. The summed E-state index contributed by atoms with van der Waals surface area (Å²) in [6.07, 6.45) is 6.85. The van der Waals surface area contributed by atoms with Crippen LogP contribution in [0.3, 0.4) is 0 Å². The zero-order valence-electron chi connectivity index (χ0n) is 13.8. The van der Waals surface area contributed by atoms with Crippen LogP contribution >= 0.6 is 0 Å². The molecule has 1 fully saturated rings. The Morgan fingerprint density at radius 3 is 2.88 bits per heavy atom. The molecule has 3 N–H and O–H groups in total. The van der Waals surface area contributed by atoms with Gasteiger partial charge >= 0.3 is 6.03 Å². The molecular weight excluding hydrogens is 306 g/mol. The largest absolute Gasteiger partial charge is 0.394 e. The molecule has 0 saturated heterocycles. The van der Waals surface area contributed by atoms with Crippen LogP contribution in [0.5, 0.6) is 0 Å². The van der Waals surface area contributed by atoms with E-state index >= 15 is 0 Å². The summed E-state index contributed by atoms with van der Waals surface area (Å²) in [5, 5.41) is 19.6. The van der Waals surface area contributed by atoms with E-state index in [0.717, 1.165) is 36.9 Å². The molecule has 1 aliphatic carbocycles. The van der Waals surface area contributed by atoms with Gasteiger partial charge in [-0.05, 0) is 37.5 Å². The number of carbonyl (C=O) groups excluding carboxylic acids is 1. The topological polar surface area (TPSA) is 92.1 Å². The third-order valence-electron chi connectivity index (χ3n) is 4.64. The fraction of sp³-hybridized carbons (Fsp3) is 0.471. The van der Waals surface area contributed by atoms with Crippen LogP contribution in [0.2, 0.25) is 0 Å². The number of aromatic nitrogens is 3. The lowest BCUT2D eigenvalue weighted by Gasteiger charge is -2.29. The van der Waals surface area contributed by atoms with E-state index in [1.807, 2.05) is 31.2 Å². The van der Waals surface area contributed by atoms with Crippen molar-refractivity contribution in [2.24, 2.45) is 0 Å². The van der Waals surface area contributed by atoms with Gasteiger partial charge in [0, 0.05) is 0 Å². The Morgan fingerprint density at radius 1 is 1.42 bits per heavy atom. The number of aliphatic hydroxyl groups is 1. The Labute approximate surface area is 141 Å². The van der Waals surface area contributed by atoms with Crippen molar-refractivity contribution < 1.29 is 9.90 Å². The van der Waals surface area contributed by atoms with Crippen LogP contribution < -0.4 is 10.6 Å². The first-order valence-electron chi connectivity index (χ1n) is 8.26. The highest BCUT2D eigenvalue weighted by molar-refractivity contribution is 5.75. The maximum atomic E-state index is 12.3. The SMILES string of the molecule is C[C@H](NC(=O)NC1(CO)CCCC1)c1cccc(-n2cncn2)c1. The van der Waals surface area contributed by atoms with Gasteiger partial charge in [0.15, 0.2) is 0 Å². The minimum absolute atomic E-state index is 0.0173. The molecule has 1 aliphatic rings. The zero-order valence-corrected chi connectivity index (χ0v) is 13.8. The smallest absolute Gasteiger partial charge is 0.315 e. The summed E-state index contributed by atoms with van der Waals surface area (Å²) in [7, 11) is 0. The van der Waals surface area contributed by atoms with E-state index in [9.17, 15) is 9.90 Å². The number of benzene rings is 1. The standard InChI is InChI=1S/C17H23N5O2/c1-13(20-16(24)21-17(10-23)7-2-3-8-17)14-5-4-6-15(9-14)22-12-18-11-19-22/h4-6,9,11-13,23H,2-3,7-8,10H2,1H3,(H2,20,21,24)/t13-/m0/s1. The predicted octanol–water partition coefficient (Wildman–Crippen LogP) is 1.93. The van der Waals surface area contributed by atoms with E-state index in [0.29, 0.717) is 0 Å². The number of aliphatic hydroxyl groups excluding tert-OH is 1. The van der Waals surface area contributed by atoms with Crippen LogP contribution in [0.4, 0.5) is 4.79 Å². The molecule has 2 amide bonds. The maximum Gasteiger partial charge on any atom is 0.315 e. The summed E-state index contributed by atoms with van der Waals surface area (Å²) in [4.78, 5) is 16.2. The Morgan fingerprint density at radius 2 is 2.21 bits per heavy atom. The van der Waals surface area contributed by atoms with Gasteiger partial charge in [-0.3, -0.25) is 0 Å². The number of nitrogens with zero attached hydrogens (tertiary/aromatic N) is 3. The molecule has 2 aromatic rings. The minimum atomic E-state index is -0.466. The quantitative estimate of drug-likeness (QED) is 0.781. The third kappa shape index (κ3) is 3.56. The highest BCUT2D eigenvalue weighted by Gasteiger charge is 2.34. The molecule has 0 radical (unpaired) electrons. The summed E-state index contributed by atoms with van der Waals surface area (Å²) in [6, 6.07) is 7.38. The van der Waals surface area contributed by atoms with E-state index in [1.165, 1.54) is 6.33 Å². The summed E-state index contributed by atoms with van der Waals surface area (Å²) in [5.41, 5.74) is 1.40. The Balaban J connectivity index is 1.65. The maximum absolute atomic E-state index is 12.3. The van der Waals surface area contributed by atoms with Crippen molar-refractivity contribution in [3.8, 4) is 5.69 Å². The fourth-order valence-corrected chi connectivity index (χ4v) is 3.21. The number of nitrogens with one attached hydrogen (secondary N) is 2. The van der Waals surface area contributed by atoms with Crippen molar-refractivity contribution in [1.29, 1.82) is 0 Å². The first kappa shape index (κ1) is 16.4. The van der Waals surface area contributed by atoms with Gasteiger partial charge in [0.25, 0.3) is 0 Å². The summed E-state index contributed by atoms with van der Waals surface area (Å²) in [6.45, 7) is 1.91. The average molecular weight is 329 g/mol. The number of urea groups is 1. The molecule has 128 valence electrons. The van der Waals surface area contributed by atoms with Gasteiger partial charge in [-0.25, -0.2) is 14.5 Å². The molecule has 7 heteroatoms. The molecule has 3 rings (SSSR count). The highest BCUT2D eigenvalue weighted by Crippen LogP contribution is 2.29. The van der Waals surface area contributed by atoms with Crippen molar-refractivity contribution in [3.05, 3.63) is 42.5 Å². The molecule has 1 aromatic heterocycles. The lowest BCUT2D eigenvalue weighted by molar-refractivity contribution is 0.162. The first-order valence-corrected chi connectivity index (χ1v) is 8.26. The van der Waals surface area contributed by atoms with E-state index in [2.05, 4.69) is 20.7 Å². The van der Waals surface area contributed by atoms with E-state index in [4.69, 9.17) is 0 Å². The van der Waals surface area contributed by atoms with Crippen molar-refractivity contribution in [3.63, 3.8) is 0 Å². The summed E-state index contributed by atoms with van der Waals surface area (Å²) in [5.74, 6) is 0. The van der Waals surface area contributed by atoms with Crippen molar-refractivity contribution >= 4 is 6.03 Å². The Bertz CT molecular complexity index is 680. The van der Waals surface area contributed by atoms with Gasteiger partial charge in [0.1, 0.15) is 12.7 Å². The van der Waals surface area contributed by atoms with Gasteiger partial charge in [-0.1, -0.05) is 25.0 Å². The first-order chi connectivity index (χ1) is 11.6. The van der Waals surface area contributed by atoms with Gasteiger partial charge in [-0.15, -0.1) is 0 Å². The number of hydrogen-bond acceptors (Lipinski definition) is 4. The minimum Gasteiger partial charge on any atom is -0.394 e. The van der Waals surface area contributed by atoms with Crippen molar-refractivity contribution in [2.75, 3.05) is 6.61 Å². The van der Waals surface area contributed by atoms with E-state index in [-0.39, 0.29) is 18.7 Å². The third-order valence-corrected chi connectivity index (χ3v) is 4.64. The van der Waals surface area contributed by atoms with Crippen molar-refractivity contribution in [1.82, 2.24) is 25.4 Å². The van der Waals surface area contributed by atoms with Gasteiger partial charge in [-0.2, -0.15) is 5.10 Å². The Hall–Kier alpha value is -2.41. The number of carbonyl (C=O) groups is 1. The molecule has 0 unspecified atom stereocenters. The second kappa shape index (κ2) is 7.00. The molecule has 1 atom stereocenters. The van der Waals surface area contributed by atoms with Gasteiger partial charge in [0.05, 0.1) is 23.9 Å². The monoisotopic (exact) mass is 329 g/mol. The van der Waals surface area contributed by atoms with Crippen LogP contribution in [0, 0.1) is 0 Å². The number of amides is 2. The molecular formula is C17H23N5O2. The van der Waals surface area contributed by atoms with Gasteiger partial charge in [0.2, 0.25) is 0 Å². The second-order valence-electron chi connectivity index (χ2n) is 6.40. The lowest BCUT2D eigenvalue weighted by Crippen LogP contribution is -2.53.